The molecule has 0 aromatic heterocycles. The number of hydrogen-bond donors (Lipinski definition) is 1. The summed E-state index contributed by atoms with van der Waals surface area (Å²) in [6.45, 7) is 15.8. The van der Waals surface area contributed by atoms with Gasteiger partial charge in [0.2, 0.25) is 0 Å². The number of hydrogen-bond acceptors (Lipinski definition) is 2. The van der Waals surface area contributed by atoms with E-state index in [1.165, 1.54) is 71.2 Å². The zero-order valence-corrected chi connectivity index (χ0v) is 14.5. The Morgan fingerprint density at radius 1 is 0.900 bits per heavy atom. The summed E-state index contributed by atoms with van der Waals surface area (Å²) < 4.78 is 0. The third-order valence-corrected chi connectivity index (χ3v) is 4.59. The molecule has 2 heteroatoms. The van der Waals surface area contributed by atoms with E-state index in [4.69, 9.17) is 0 Å². The van der Waals surface area contributed by atoms with Crippen LogP contribution in [0.5, 0.6) is 0 Å². The average Bonchev–Trinajstić information content (AvgIpc) is 2.42. The molecule has 0 aliphatic carbocycles. The number of piperidine rings is 1. The van der Waals surface area contributed by atoms with Crippen LogP contribution in [0.3, 0.4) is 0 Å². The van der Waals surface area contributed by atoms with E-state index >= 15 is 0 Å². The SMILES string of the molecule is CC(C)CCN(CCCC1CCNCC1)CCC(C)C. The Hall–Kier alpha value is -0.0800. The van der Waals surface area contributed by atoms with Gasteiger partial charge in [-0.1, -0.05) is 27.7 Å². The second-order valence-electron chi connectivity index (χ2n) is 7.54. The molecule has 0 bridgehead atoms. The van der Waals surface area contributed by atoms with Crippen molar-refractivity contribution in [2.45, 2.75) is 66.2 Å². The Bertz CT molecular complexity index is 207. The quantitative estimate of drug-likeness (QED) is 0.647. The van der Waals surface area contributed by atoms with Gasteiger partial charge in [-0.15, -0.1) is 0 Å². The van der Waals surface area contributed by atoms with E-state index in [2.05, 4.69) is 37.9 Å². The van der Waals surface area contributed by atoms with Crippen LogP contribution in [0.4, 0.5) is 0 Å². The predicted molar refractivity (Wildman–Crippen MR) is 90.2 cm³/mol. The van der Waals surface area contributed by atoms with Crippen LogP contribution in [-0.4, -0.2) is 37.6 Å². The Morgan fingerprint density at radius 2 is 1.45 bits per heavy atom. The molecule has 0 radical (unpaired) electrons. The smallest absolute Gasteiger partial charge is 0.00163 e. The van der Waals surface area contributed by atoms with E-state index in [1.807, 2.05) is 0 Å². The first kappa shape index (κ1) is 18.0. The van der Waals surface area contributed by atoms with Gasteiger partial charge in [0, 0.05) is 0 Å². The van der Waals surface area contributed by atoms with Crippen LogP contribution in [0.15, 0.2) is 0 Å². The molecule has 1 rings (SSSR count). The molecule has 1 aliphatic heterocycles. The molecule has 1 aliphatic rings. The Labute approximate surface area is 127 Å². The van der Waals surface area contributed by atoms with E-state index in [9.17, 15) is 0 Å². The average molecular weight is 283 g/mol. The lowest BCUT2D eigenvalue weighted by Crippen LogP contribution is -2.31. The molecule has 0 amide bonds. The van der Waals surface area contributed by atoms with Crippen LogP contribution in [0.2, 0.25) is 0 Å². The topological polar surface area (TPSA) is 15.3 Å². The molecule has 20 heavy (non-hydrogen) atoms. The highest BCUT2D eigenvalue weighted by Crippen LogP contribution is 2.18. The molecule has 1 heterocycles. The van der Waals surface area contributed by atoms with Crippen molar-refractivity contribution in [3.05, 3.63) is 0 Å². The largest absolute Gasteiger partial charge is 0.317 e. The first-order chi connectivity index (χ1) is 9.58. The molecule has 1 fully saturated rings. The highest BCUT2D eigenvalue weighted by atomic mass is 15.1. The van der Waals surface area contributed by atoms with Gasteiger partial charge in [0.05, 0.1) is 0 Å². The van der Waals surface area contributed by atoms with Crippen molar-refractivity contribution < 1.29 is 0 Å². The molecular weight excluding hydrogens is 244 g/mol. The molecule has 1 saturated heterocycles. The molecule has 120 valence electrons. The molecule has 0 unspecified atom stereocenters. The maximum atomic E-state index is 3.47. The third kappa shape index (κ3) is 8.97. The van der Waals surface area contributed by atoms with Gasteiger partial charge < -0.3 is 10.2 Å². The summed E-state index contributed by atoms with van der Waals surface area (Å²) >= 11 is 0. The summed E-state index contributed by atoms with van der Waals surface area (Å²) in [7, 11) is 0. The van der Waals surface area contributed by atoms with Crippen LogP contribution in [0, 0.1) is 17.8 Å². The van der Waals surface area contributed by atoms with Gasteiger partial charge in [0.1, 0.15) is 0 Å². The highest BCUT2D eigenvalue weighted by molar-refractivity contribution is 4.70. The Morgan fingerprint density at radius 3 is 1.95 bits per heavy atom. The van der Waals surface area contributed by atoms with Crippen LogP contribution in [0.1, 0.15) is 66.2 Å². The Kier molecular flexibility index (Phi) is 9.54. The maximum absolute atomic E-state index is 3.47. The van der Waals surface area contributed by atoms with Crippen molar-refractivity contribution in [2.24, 2.45) is 17.8 Å². The van der Waals surface area contributed by atoms with Crippen molar-refractivity contribution in [3.8, 4) is 0 Å². The third-order valence-electron chi connectivity index (χ3n) is 4.59. The van der Waals surface area contributed by atoms with Crippen LogP contribution >= 0.6 is 0 Å². The van der Waals surface area contributed by atoms with Gasteiger partial charge >= 0.3 is 0 Å². The van der Waals surface area contributed by atoms with Gasteiger partial charge in [0.15, 0.2) is 0 Å². The normalized spacial score (nSPS) is 17.6. The first-order valence-corrected chi connectivity index (χ1v) is 9.01. The van der Waals surface area contributed by atoms with Gasteiger partial charge in [-0.05, 0) is 89.0 Å². The summed E-state index contributed by atoms with van der Waals surface area (Å²) in [5.74, 6) is 2.66. The molecule has 0 aromatic rings. The van der Waals surface area contributed by atoms with E-state index in [1.54, 1.807) is 0 Å². The number of nitrogens with zero attached hydrogens (tertiary/aromatic N) is 1. The van der Waals surface area contributed by atoms with E-state index < -0.39 is 0 Å². The summed E-state index contributed by atoms with van der Waals surface area (Å²) in [6.07, 6.45) is 8.36. The second-order valence-corrected chi connectivity index (χ2v) is 7.54. The first-order valence-electron chi connectivity index (χ1n) is 9.01. The summed E-state index contributed by atoms with van der Waals surface area (Å²) in [5, 5.41) is 3.47. The molecular formula is C18H38N2. The van der Waals surface area contributed by atoms with E-state index in [-0.39, 0.29) is 0 Å². The van der Waals surface area contributed by atoms with Gasteiger partial charge in [-0.3, -0.25) is 0 Å². The van der Waals surface area contributed by atoms with E-state index in [0.717, 1.165) is 17.8 Å². The minimum Gasteiger partial charge on any atom is -0.317 e. The molecule has 0 saturated carbocycles. The maximum Gasteiger partial charge on any atom is -0.00163 e. The fourth-order valence-electron chi connectivity index (χ4n) is 2.99. The minimum atomic E-state index is 0.834. The molecule has 0 atom stereocenters. The lowest BCUT2D eigenvalue weighted by atomic mass is 9.93. The van der Waals surface area contributed by atoms with Crippen molar-refractivity contribution in [1.82, 2.24) is 10.2 Å². The van der Waals surface area contributed by atoms with Crippen LogP contribution in [-0.2, 0) is 0 Å². The van der Waals surface area contributed by atoms with Crippen molar-refractivity contribution in [3.63, 3.8) is 0 Å². The van der Waals surface area contributed by atoms with Crippen molar-refractivity contribution in [2.75, 3.05) is 32.7 Å². The zero-order chi connectivity index (χ0) is 14.8. The minimum absolute atomic E-state index is 0.834. The lowest BCUT2D eigenvalue weighted by molar-refractivity contribution is 0.228. The second kappa shape index (κ2) is 10.6. The highest BCUT2D eigenvalue weighted by Gasteiger charge is 2.13. The molecule has 2 nitrogen and oxygen atoms in total. The van der Waals surface area contributed by atoms with Crippen LogP contribution in [0.25, 0.3) is 0 Å². The Balaban J connectivity index is 2.19. The van der Waals surface area contributed by atoms with E-state index in [0.29, 0.717) is 0 Å². The molecule has 0 aromatic carbocycles. The van der Waals surface area contributed by atoms with Crippen LogP contribution < -0.4 is 5.32 Å². The molecule has 0 spiro atoms. The predicted octanol–water partition coefficient (Wildman–Crippen LogP) is 4.16. The number of nitrogens with one attached hydrogen (secondary N) is 1. The van der Waals surface area contributed by atoms with Gasteiger partial charge in [0.25, 0.3) is 0 Å². The monoisotopic (exact) mass is 282 g/mol. The number of rotatable bonds is 10. The standard InChI is InChI=1S/C18H38N2/c1-16(2)9-14-20(15-10-17(3)4)13-5-6-18-7-11-19-12-8-18/h16-19H,5-15H2,1-4H3. The summed E-state index contributed by atoms with van der Waals surface area (Å²) in [4.78, 5) is 2.72. The van der Waals surface area contributed by atoms with Gasteiger partial charge in [-0.2, -0.15) is 0 Å². The zero-order valence-electron chi connectivity index (χ0n) is 14.5. The fourth-order valence-corrected chi connectivity index (χ4v) is 2.99. The lowest BCUT2D eigenvalue weighted by Gasteiger charge is -2.26. The summed E-state index contributed by atoms with van der Waals surface area (Å²) in [6, 6.07) is 0. The molecule has 1 N–H and O–H groups in total. The van der Waals surface area contributed by atoms with Crippen molar-refractivity contribution in [1.29, 1.82) is 0 Å². The summed E-state index contributed by atoms with van der Waals surface area (Å²) in [5.41, 5.74) is 0. The van der Waals surface area contributed by atoms with Crippen molar-refractivity contribution >= 4 is 0 Å². The van der Waals surface area contributed by atoms with Gasteiger partial charge in [-0.25, -0.2) is 0 Å². The fraction of sp³-hybridized carbons (Fsp3) is 1.00.